The summed E-state index contributed by atoms with van der Waals surface area (Å²) in [5.74, 6) is -0.496. The highest BCUT2D eigenvalue weighted by atomic mass is 35.5. The van der Waals surface area contributed by atoms with Crippen molar-refractivity contribution >= 4 is 28.9 Å². The quantitative estimate of drug-likeness (QED) is 0.671. The summed E-state index contributed by atoms with van der Waals surface area (Å²) in [6, 6.07) is 10.5. The zero-order valence-electron chi connectivity index (χ0n) is 10.7. The van der Waals surface area contributed by atoms with Crippen molar-refractivity contribution < 1.29 is 14.8 Å². The number of amides is 1. The monoisotopic (exact) mass is 306 g/mol. The van der Waals surface area contributed by atoms with Gasteiger partial charge in [0.1, 0.15) is 5.02 Å². The van der Waals surface area contributed by atoms with Gasteiger partial charge in [0.15, 0.2) is 0 Å². The molecule has 0 aliphatic heterocycles. The Kier molecular flexibility index (Phi) is 4.52. The molecule has 0 aromatic heterocycles. The van der Waals surface area contributed by atoms with Crippen LogP contribution < -0.4 is 5.32 Å². The maximum Gasteiger partial charge on any atom is 0.288 e. The molecule has 0 heterocycles. The van der Waals surface area contributed by atoms with Crippen LogP contribution in [0, 0.1) is 10.1 Å². The molecular weight excluding hydrogens is 296 g/mol. The lowest BCUT2D eigenvalue weighted by Crippen LogP contribution is -2.12. The normalized spacial score (nSPS) is 10.2. The van der Waals surface area contributed by atoms with Crippen LogP contribution in [0.25, 0.3) is 0 Å². The fraction of sp³-hybridized carbons (Fsp3) is 0.0714. The van der Waals surface area contributed by atoms with Crippen LogP contribution in [0.1, 0.15) is 15.9 Å². The fourth-order valence-electron chi connectivity index (χ4n) is 1.74. The molecule has 1 amide bonds. The molecule has 0 spiro atoms. The molecule has 0 saturated heterocycles. The highest BCUT2D eigenvalue weighted by Gasteiger charge is 2.16. The van der Waals surface area contributed by atoms with Gasteiger partial charge in [-0.25, -0.2) is 0 Å². The Labute approximate surface area is 125 Å². The van der Waals surface area contributed by atoms with Gasteiger partial charge in [-0.05, 0) is 29.8 Å². The number of anilines is 1. The zero-order valence-corrected chi connectivity index (χ0v) is 11.5. The van der Waals surface area contributed by atoms with Crippen LogP contribution in [0.3, 0.4) is 0 Å². The van der Waals surface area contributed by atoms with Crippen molar-refractivity contribution in [2.45, 2.75) is 6.61 Å². The van der Waals surface area contributed by atoms with Crippen LogP contribution in [0.4, 0.5) is 11.4 Å². The van der Waals surface area contributed by atoms with E-state index in [0.29, 0.717) is 11.3 Å². The molecule has 0 fully saturated rings. The first-order chi connectivity index (χ1) is 10.0. The molecule has 0 radical (unpaired) electrons. The lowest BCUT2D eigenvalue weighted by Gasteiger charge is -2.07. The average Bonchev–Trinajstić information content (AvgIpc) is 2.47. The summed E-state index contributed by atoms with van der Waals surface area (Å²) in [6.07, 6.45) is 0. The first-order valence-corrected chi connectivity index (χ1v) is 6.34. The molecule has 0 aliphatic carbocycles. The SMILES string of the molecule is O=C(Nc1cccc(CO)c1)c1ccc(Cl)c([N+](=O)[O-])c1. The Morgan fingerprint density at radius 2 is 2.05 bits per heavy atom. The number of hydrogen-bond acceptors (Lipinski definition) is 4. The van der Waals surface area contributed by atoms with Crippen molar-refractivity contribution in [3.05, 3.63) is 68.7 Å². The van der Waals surface area contributed by atoms with Crippen molar-refractivity contribution in [3.8, 4) is 0 Å². The second-order valence-electron chi connectivity index (χ2n) is 4.24. The van der Waals surface area contributed by atoms with Gasteiger partial charge >= 0.3 is 0 Å². The average molecular weight is 307 g/mol. The third kappa shape index (κ3) is 3.56. The van der Waals surface area contributed by atoms with Crippen molar-refractivity contribution in [3.63, 3.8) is 0 Å². The minimum Gasteiger partial charge on any atom is -0.392 e. The van der Waals surface area contributed by atoms with Gasteiger partial charge in [0.25, 0.3) is 11.6 Å². The number of nitrogens with one attached hydrogen (secondary N) is 1. The van der Waals surface area contributed by atoms with Crippen molar-refractivity contribution in [2.75, 3.05) is 5.32 Å². The highest BCUT2D eigenvalue weighted by molar-refractivity contribution is 6.32. The smallest absolute Gasteiger partial charge is 0.288 e. The van der Waals surface area contributed by atoms with Crippen LogP contribution in [0.2, 0.25) is 5.02 Å². The zero-order chi connectivity index (χ0) is 15.4. The van der Waals surface area contributed by atoms with Crippen molar-refractivity contribution in [1.29, 1.82) is 0 Å². The number of aliphatic hydroxyl groups excluding tert-OH is 1. The Hall–Kier alpha value is -2.44. The van der Waals surface area contributed by atoms with Gasteiger partial charge in [-0.15, -0.1) is 0 Å². The Morgan fingerprint density at radius 3 is 2.71 bits per heavy atom. The molecule has 0 unspecified atom stereocenters. The van der Waals surface area contributed by atoms with Gasteiger partial charge in [0.05, 0.1) is 11.5 Å². The summed E-state index contributed by atoms with van der Waals surface area (Å²) in [6.45, 7) is -0.143. The highest BCUT2D eigenvalue weighted by Crippen LogP contribution is 2.25. The summed E-state index contributed by atoms with van der Waals surface area (Å²) in [5, 5.41) is 22.4. The number of nitro groups is 1. The number of nitrogens with zero attached hydrogens (tertiary/aromatic N) is 1. The van der Waals surface area contributed by atoms with E-state index in [1.54, 1.807) is 24.3 Å². The summed E-state index contributed by atoms with van der Waals surface area (Å²) in [5.41, 5.74) is 0.938. The van der Waals surface area contributed by atoms with Gasteiger partial charge < -0.3 is 10.4 Å². The molecule has 21 heavy (non-hydrogen) atoms. The topological polar surface area (TPSA) is 92.5 Å². The van der Waals surface area contributed by atoms with Crippen LogP contribution in [-0.2, 0) is 6.61 Å². The van der Waals surface area contributed by atoms with E-state index in [1.807, 2.05) is 0 Å². The third-order valence-electron chi connectivity index (χ3n) is 2.77. The molecule has 7 heteroatoms. The number of aliphatic hydroxyl groups is 1. The molecule has 6 nitrogen and oxygen atoms in total. The second kappa shape index (κ2) is 6.34. The van der Waals surface area contributed by atoms with Gasteiger partial charge in [-0.2, -0.15) is 0 Å². The van der Waals surface area contributed by atoms with E-state index >= 15 is 0 Å². The molecule has 2 N–H and O–H groups in total. The summed E-state index contributed by atoms with van der Waals surface area (Å²) < 4.78 is 0. The van der Waals surface area contributed by atoms with Crippen LogP contribution in [-0.4, -0.2) is 15.9 Å². The lowest BCUT2D eigenvalue weighted by molar-refractivity contribution is -0.384. The first-order valence-electron chi connectivity index (χ1n) is 5.96. The predicted octanol–water partition coefficient (Wildman–Crippen LogP) is 2.99. The molecule has 0 atom stereocenters. The van der Waals surface area contributed by atoms with E-state index in [2.05, 4.69) is 5.32 Å². The van der Waals surface area contributed by atoms with Crippen molar-refractivity contribution in [2.24, 2.45) is 0 Å². The van der Waals surface area contributed by atoms with Crippen LogP contribution in [0.5, 0.6) is 0 Å². The second-order valence-corrected chi connectivity index (χ2v) is 4.64. The van der Waals surface area contributed by atoms with Gasteiger partial charge in [0.2, 0.25) is 0 Å². The third-order valence-corrected chi connectivity index (χ3v) is 3.09. The number of halogens is 1. The number of carbonyl (C=O) groups excluding carboxylic acids is 1. The Morgan fingerprint density at radius 1 is 1.29 bits per heavy atom. The Balaban J connectivity index is 2.24. The number of rotatable bonds is 4. The summed E-state index contributed by atoms with van der Waals surface area (Å²) in [4.78, 5) is 22.2. The van der Waals surface area contributed by atoms with E-state index in [-0.39, 0.29) is 22.9 Å². The van der Waals surface area contributed by atoms with E-state index in [9.17, 15) is 14.9 Å². The Bertz CT molecular complexity index is 703. The van der Waals surface area contributed by atoms with Gasteiger partial charge in [0, 0.05) is 17.3 Å². The van der Waals surface area contributed by atoms with Crippen LogP contribution >= 0.6 is 11.6 Å². The fourth-order valence-corrected chi connectivity index (χ4v) is 1.93. The molecule has 0 aliphatic rings. The van der Waals surface area contributed by atoms with E-state index in [4.69, 9.17) is 16.7 Å². The van der Waals surface area contributed by atoms with Gasteiger partial charge in [-0.3, -0.25) is 14.9 Å². The summed E-state index contributed by atoms with van der Waals surface area (Å²) in [7, 11) is 0. The van der Waals surface area contributed by atoms with E-state index in [1.165, 1.54) is 12.1 Å². The number of benzene rings is 2. The molecular formula is C14H11ClN2O4. The molecule has 2 aromatic carbocycles. The maximum atomic E-state index is 12.1. The lowest BCUT2D eigenvalue weighted by atomic mass is 10.1. The largest absolute Gasteiger partial charge is 0.392 e. The maximum absolute atomic E-state index is 12.1. The van der Waals surface area contributed by atoms with Crippen molar-refractivity contribution in [1.82, 2.24) is 0 Å². The minimum absolute atomic E-state index is 0.0289. The van der Waals surface area contributed by atoms with E-state index < -0.39 is 10.8 Å². The number of carbonyl (C=O) groups is 1. The standard InChI is InChI=1S/C14H11ClN2O4/c15-12-5-4-10(7-13(12)17(20)21)14(19)16-11-3-1-2-9(6-11)8-18/h1-7,18H,8H2,(H,16,19). The molecule has 108 valence electrons. The molecule has 0 bridgehead atoms. The number of hydrogen-bond donors (Lipinski definition) is 2. The predicted molar refractivity (Wildman–Crippen MR) is 78.4 cm³/mol. The number of nitro benzene ring substituents is 1. The van der Waals surface area contributed by atoms with Gasteiger partial charge in [-0.1, -0.05) is 23.7 Å². The molecule has 0 saturated carbocycles. The van der Waals surface area contributed by atoms with Crippen LogP contribution in [0.15, 0.2) is 42.5 Å². The molecule has 2 aromatic rings. The summed E-state index contributed by atoms with van der Waals surface area (Å²) >= 11 is 5.69. The van der Waals surface area contributed by atoms with E-state index in [0.717, 1.165) is 6.07 Å². The molecule has 2 rings (SSSR count). The minimum atomic E-state index is -0.647. The first kappa shape index (κ1) is 15.0.